The first kappa shape index (κ1) is 13.2. The van der Waals surface area contributed by atoms with Gasteiger partial charge in [0.25, 0.3) is 0 Å². The van der Waals surface area contributed by atoms with Crippen LogP contribution in [0.25, 0.3) is 0 Å². The lowest BCUT2D eigenvalue weighted by Gasteiger charge is -2.24. The fourth-order valence-corrected chi connectivity index (χ4v) is 2.67. The Labute approximate surface area is 118 Å². The summed E-state index contributed by atoms with van der Waals surface area (Å²) in [6, 6.07) is 5.77. The molecule has 0 aliphatic carbocycles. The molecule has 2 aliphatic heterocycles. The Morgan fingerprint density at radius 1 is 1.40 bits per heavy atom. The molecule has 108 valence electrons. The normalized spacial score (nSPS) is 22.4. The smallest absolute Gasteiger partial charge is 0.231 e. The molecule has 1 amide bonds. The molecular weight excluding hydrogens is 256 g/mol. The predicted molar refractivity (Wildman–Crippen MR) is 74.7 cm³/mol. The number of ether oxygens (including phenoxy) is 2. The Bertz CT molecular complexity index is 498. The molecule has 2 N–H and O–H groups in total. The van der Waals surface area contributed by atoms with E-state index in [9.17, 15) is 4.79 Å². The van der Waals surface area contributed by atoms with E-state index in [-0.39, 0.29) is 24.7 Å². The lowest BCUT2D eigenvalue weighted by atomic mass is 9.98. The summed E-state index contributed by atoms with van der Waals surface area (Å²) in [6.07, 6.45) is 2.03. The van der Waals surface area contributed by atoms with Crippen LogP contribution in [0.15, 0.2) is 18.2 Å². The predicted octanol–water partition coefficient (Wildman–Crippen LogP) is 1.59. The van der Waals surface area contributed by atoms with Crippen LogP contribution in [0, 0.1) is 5.92 Å². The second kappa shape index (κ2) is 5.71. The Hall–Kier alpha value is -1.75. The van der Waals surface area contributed by atoms with Crippen molar-refractivity contribution in [3.63, 3.8) is 0 Å². The van der Waals surface area contributed by atoms with Crippen LogP contribution in [-0.2, 0) is 4.79 Å². The second-order valence-electron chi connectivity index (χ2n) is 5.39. The molecule has 0 radical (unpaired) electrons. The van der Waals surface area contributed by atoms with Crippen LogP contribution in [0.3, 0.4) is 0 Å². The number of hydrogen-bond acceptors (Lipinski definition) is 4. The van der Waals surface area contributed by atoms with Gasteiger partial charge in [-0.2, -0.15) is 0 Å². The van der Waals surface area contributed by atoms with Crippen molar-refractivity contribution in [2.24, 2.45) is 5.92 Å². The average molecular weight is 276 g/mol. The number of piperidine rings is 1. The zero-order valence-electron chi connectivity index (χ0n) is 11.6. The van der Waals surface area contributed by atoms with Crippen LogP contribution in [-0.4, -0.2) is 25.8 Å². The summed E-state index contributed by atoms with van der Waals surface area (Å²) in [5, 5.41) is 6.35. The topological polar surface area (TPSA) is 59.6 Å². The third-order valence-electron chi connectivity index (χ3n) is 3.92. The standard InChI is InChI=1S/C15H20N2O3/c1-10(17-15(18)12-3-2-6-16-8-12)11-4-5-13-14(7-11)20-9-19-13/h4-5,7,10,12,16H,2-3,6,8-9H2,1H3,(H,17,18)/t10?,12-/m1/s1. The minimum Gasteiger partial charge on any atom is -0.454 e. The maximum absolute atomic E-state index is 12.2. The molecule has 0 bridgehead atoms. The Kier molecular flexibility index (Phi) is 3.78. The first-order valence-electron chi connectivity index (χ1n) is 7.14. The van der Waals surface area contributed by atoms with Gasteiger partial charge in [-0.15, -0.1) is 0 Å². The van der Waals surface area contributed by atoms with E-state index in [4.69, 9.17) is 9.47 Å². The molecule has 1 saturated heterocycles. The van der Waals surface area contributed by atoms with Gasteiger partial charge in [-0.1, -0.05) is 6.07 Å². The lowest BCUT2D eigenvalue weighted by molar-refractivity contribution is -0.126. The molecule has 5 nitrogen and oxygen atoms in total. The van der Waals surface area contributed by atoms with Gasteiger partial charge >= 0.3 is 0 Å². The molecule has 0 aromatic heterocycles. The Morgan fingerprint density at radius 2 is 2.25 bits per heavy atom. The van der Waals surface area contributed by atoms with Crippen molar-refractivity contribution in [2.75, 3.05) is 19.9 Å². The molecule has 1 fully saturated rings. The van der Waals surface area contributed by atoms with Crippen LogP contribution in [0.2, 0.25) is 0 Å². The highest BCUT2D eigenvalue weighted by Crippen LogP contribution is 2.34. The van der Waals surface area contributed by atoms with Gasteiger partial charge in [0.2, 0.25) is 12.7 Å². The van der Waals surface area contributed by atoms with Gasteiger partial charge in [-0.05, 0) is 44.0 Å². The van der Waals surface area contributed by atoms with Gasteiger partial charge in [0, 0.05) is 6.54 Å². The van der Waals surface area contributed by atoms with E-state index < -0.39 is 0 Å². The van der Waals surface area contributed by atoms with Crippen molar-refractivity contribution < 1.29 is 14.3 Å². The van der Waals surface area contributed by atoms with E-state index in [1.165, 1.54) is 0 Å². The number of carbonyl (C=O) groups excluding carboxylic acids is 1. The summed E-state index contributed by atoms with van der Waals surface area (Å²) < 4.78 is 10.7. The van der Waals surface area contributed by atoms with Crippen molar-refractivity contribution >= 4 is 5.91 Å². The number of hydrogen-bond donors (Lipinski definition) is 2. The SMILES string of the molecule is CC(NC(=O)[C@@H]1CCCNC1)c1ccc2c(c1)OCO2. The first-order chi connectivity index (χ1) is 9.74. The zero-order valence-corrected chi connectivity index (χ0v) is 11.6. The molecule has 5 heteroatoms. The number of rotatable bonds is 3. The van der Waals surface area contributed by atoms with Crippen molar-refractivity contribution in [3.8, 4) is 11.5 Å². The quantitative estimate of drug-likeness (QED) is 0.880. The minimum atomic E-state index is -0.0288. The molecule has 2 heterocycles. The van der Waals surface area contributed by atoms with Crippen molar-refractivity contribution in [1.82, 2.24) is 10.6 Å². The van der Waals surface area contributed by atoms with E-state index in [1.807, 2.05) is 25.1 Å². The van der Waals surface area contributed by atoms with Crippen LogP contribution in [0.1, 0.15) is 31.4 Å². The molecule has 0 saturated carbocycles. The number of amides is 1. The van der Waals surface area contributed by atoms with Crippen molar-refractivity contribution in [1.29, 1.82) is 0 Å². The van der Waals surface area contributed by atoms with Gasteiger partial charge in [-0.3, -0.25) is 4.79 Å². The van der Waals surface area contributed by atoms with E-state index >= 15 is 0 Å². The van der Waals surface area contributed by atoms with E-state index in [1.54, 1.807) is 0 Å². The van der Waals surface area contributed by atoms with Crippen LogP contribution >= 0.6 is 0 Å². The van der Waals surface area contributed by atoms with E-state index in [0.29, 0.717) is 0 Å². The fourth-order valence-electron chi connectivity index (χ4n) is 2.67. The van der Waals surface area contributed by atoms with Crippen molar-refractivity contribution in [3.05, 3.63) is 23.8 Å². The Morgan fingerprint density at radius 3 is 3.05 bits per heavy atom. The van der Waals surface area contributed by atoms with Gasteiger partial charge in [0.15, 0.2) is 11.5 Å². The van der Waals surface area contributed by atoms with Gasteiger partial charge in [0.1, 0.15) is 0 Å². The molecular formula is C15H20N2O3. The third-order valence-corrected chi connectivity index (χ3v) is 3.92. The molecule has 2 aliphatic rings. The molecule has 0 spiro atoms. The van der Waals surface area contributed by atoms with Crippen LogP contribution < -0.4 is 20.1 Å². The number of nitrogens with one attached hydrogen (secondary N) is 2. The zero-order chi connectivity index (χ0) is 13.9. The maximum Gasteiger partial charge on any atom is 0.231 e. The largest absolute Gasteiger partial charge is 0.454 e. The van der Waals surface area contributed by atoms with Gasteiger partial charge < -0.3 is 20.1 Å². The summed E-state index contributed by atoms with van der Waals surface area (Å²) in [5.41, 5.74) is 1.03. The molecule has 2 atom stereocenters. The lowest BCUT2D eigenvalue weighted by Crippen LogP contribution is -2.41. The van der Waals surface area contributed by atoms with Crippen LogP contribution in [0.4, 0.5) is 0 Å². The highest BCUT2D eigenvalue weighted by molar-refractivity contribution is 5.79. The number of carbonyl (C=O) groups is 1. The van der Waals surface area contributed by atoms with Gasteiger partial charge in [0.05, 0.1) is 12.0 Å². The average Bonchev–Trinajstić information content (AvgIpc) is 2.95. The molecule has 1 aromatic carbocycles. The highest BCUT2D eigenvalue weighted by atomic mass is 16.7. The summed E-state index contributed by atoms with van der Waals surface area (Å²) in [5.74, 6) is 1.73. The molecule has 20 heavy (non-hydrogen) atoms. The van der Waals surface area contributed by atoms with Gasteiger partial charge in [-0.25, -0.2) is 0 Å². The summed E-state index contributed by atoms with van der Waals surface area (Å²) in [7, 11) is 0. The monoisotopic (exact) mass is 276 g/mol. The third kappa shape index (κ3) is 2.72. The molecule has 1 unspecified atom stereocenters. The van der Waals surface area contributed by atoms with Crippen LogP contribution in [0.5, 0.6) is 11.5 Å². The minimum absolute atomic E-state index is 0.0288. The molecule has 3 rings (SSSR count). The highest BCUT2D eigenvalue weighted by Gasteiger charge is 2.23. The second-order valence-corrected chi connectivity index (χ2v) is 5.39. The first-order valence-corrected chi connectivity index (χ1v) is 7.14. The number of benzene rings is 1. The fraction of sp³-hybridized carbons (Fsp3) is 0.533. The summed E-state index contributed by atoms with van der Waals surface area (Å²) >= 11 is 0. The number of fused-ring (bicyclic) bond motifs is 1. The maximum atomic E-state index is 12.2. The molecule has 1 aromatic rings. The summed E-state index contributed by atoms with van der Waals surface area (Å²) in [6.45, 7) is 4.06. The summed E-state index contributed by atoms with van der Waals surface area (Å²) in [4.78, 5) is 12.2. The van der Waals surface area contributed by atoms with E-state index in [2.05, 4.69) is 10.6 Å². The van der Waals surface area contributed by atoms with E-state index in [0.717, 1.165) is 43.0 Å². The van der Waals surface area contributed by atoms with Crippen molar-refractivity contribution in [2.45, 2.75) is 25.8 Å². The Balaban J connectivity index is 1.63.